The molecule has 12 rings (SSSR count). The third-order valence-electron chi connectivity index (χ3n) is 12.8. The lowest BCUT2D eigenvalue weighted by Crippen LogP contribution is -2.21. The molecule has 0 atom stereocenters. The molecule has 1 aliphatic carbocycles. The highest BCUT2D eigenvalue weighted by Crippen LogP contribution is 2.56. The van der Waals surface area contributed by atoms with E-state index < -0.39 is 0 Å². The molecular weight excluding hydrogens is 729 g/mol. The smallest absolute Gasteiger partial charge is 0.137 e. The van der Waals surface area contributed by atoms with Crippen LogP contribution in [0.2, 0.25) is 0 Å². The van der Waals surface area contributed by atoms with Crippen LogP contribution in [-0.4, -0.2) is 4.57 Å². The number of aromatic nitrogens is 1. The van der Waals surface area contributed by atoms with Gasteiger partial charge < -0.3 is 13.9 Å². The van der Waals surface area contributed by atoms with Crippen molar-refractivity contribution in [3.63, 3.8) is 0 Å². The van der Waals surface area contributed by atoms with Gasteiger partial charge in [-0.15, -0.1) is 0 Å². The molecule has 0 amide bonds. The summed E-state index contributed by atoms with van der Waals surface area (Å²) in [5.41, 5.74) is 18.2. The second-order valence-electron chi connectivity index (χ2n) is 16.4. The SMILES string of the molecule is CC1(C)c2ccccc2-c2cccc(N(c3ccccc3-c3ccccc3)c3cccc4oc5cccc(-c6cccc7c6c6ccccc6n7-c6ccccc6)c5c34)c21. The predicted molar refractivity (Wildman–Crippen MR) is 251 cm³/mol. The fourth-order valence-electron chi connectivity index (χ4n) is 10.3. The normalized spacial score (nSPS) is 13.0. The number of hydrogen-bond donors (Lipinski definition) is 0. The van der Waals surface area contributed by atoms with E-state index in [0.717, 1.165) is 55.8 Å². The lowest BCUT2D eigenvalue weighted by Gasteiger charge is -2.33. The van der Waals surface area contributed by atoms with Gasteiger partial charge in [-0.05, 0) is 93.5 Å². The zero-order chi connectivity index (χ0) is 40.0. The van der Waals surface area contributed by atoms with E-state index in [9.17, 15) is 0 Å². The lowest BCUT2D eigenvalue weighted by molar-refractivity contribution is 0.661. The molecule has 0 saturated carbocycles. The third-order valence-corrected chi connectivity index (χ3v) is 12.8. The van der Waals surface area contributed by atoms with E-state index in [0.29, 0.717) is 0 Å². The summed E-state index contributed by atoms with van der Waals surface area (Å²) in [6, 6.07) is 74.7. The van der Waals surface area contributed by atoms with Crippen molar-refractivity contribution in [2.24, 2.45) is 0 Å². The van der Waals surface area contributed by atoms with Crippen LogP contribution >= 0.6 is 0 Å². The molecule has 1 aliphatic rings. The Kier molecular flexibility index (Phi) is 7.58. The molecule has 2 heterocycles. The Morgan fingerprint density at radius 3 is 1.78 bits per heavy atom. The fourth-order valence-corrected chi connectivity index (χ4v) is 10.3. The Labute approximate surface area is 349 Å². The van der Waals surface area contributed by atoms with Crippen molar-refractivity contribution in [1.29, 1.82) is 0 Å². The first kappa shape index (κ1) is 34.4. The summed E-state index contributed by atoms with van der Waals surface area (Å²) < 4.78 is 9.31. The van der Waals surface area contributed by atoms with Crippen molar-refractivity contribution in [2.75, 3.05) is 4.90 Å². The zero-order valence-corrected chi connectivity index (χ0v) is 33.4. The van der Waals surface area contributed by atoms with Crippen molar-refractivity contribution in [3.8, 4) is 39.1 Å². The van der Waals surface area contributed by atoms with Gasteiger partial charge in [0.15, 0.2) is 0 Å². The second kappa shape index (κ2) is 13.2. The summed E-state index contributed by atoms with van der Waals surface area (Å²) in [5.74, 6) is 0. The Balaban J connectivity index is 1.19. The molecule has 0 saturated heterocycles. The summed E-state index contributed by atoms with van der Waals surface area (Å²) in [4.78, 5) is 2.52. The molecule has 3 heteroatoms. The van der Waals surface area contributed by atoms with Gasteiger partial charge in [-0.3, -0.25) is 0 Å². The zero-order valence-electron chi connectivity index (χ0n) is 33.4. The molecule has 284 valence electrons. The summed E-state index contributed by atoms with van der Waals surface area (Å²) in [5, 5.41) is 4.63. The van der Waals surface area contributed by atoms with E-state index in [1.807, 2.05) is 0 Å². The van der Waals surface area contributed by atoms with E-state index in [1.54, 1.807) is 0 Å². The molecule has 60 heavy (non-hydrogen) atoms. The highest BCUT2D eigenvalue weighted by molar-refractivity contribution is 6.23. The van der Waals surface area contributed by atoms with Gasteiger partial charge in [0, 0.05) is 32.8 Å². The molecule has 0 bridgehead atoms. The van der Waals surface area contributed by atoms with E-state index in [1.165, 1.54) is 55.2 Å². The molecule has 0 unspecified atom stereocenters. The first-order chi connectivity index (χ1) is 29.6. The van der Waals surface area contributed by atoms with Crippen LogP contribution in [-0.2, 0) is 5.41 Å². The number of fused-ring (bicyclic) bond motifs is 9. The van der Waals surface area contributed by atoms with Crippen LogP contribution in [0.4, 0.5) is 17.1 Å². The summed E-state index contributed by atoms with van der Waals surface area (Å²) in [6.45, 7) is 4.75. The standard InChI is InChI=1S/C57H40N2O/c1-57(2)45-29-12-9-24-40(45)43-28-16-34-50(56(43)57)59(46-30-13-10-23-39(46)37-19-5-3-6-20-37)49-33-18-36-52-55(49)54-42(27-17-35-51(54)60-52)41-26-15-32-48-53(41)44-25-11-14-31-47(44)58(48)38-21-7-4-8-22-38/h3-36H,1-2H3. The van der Waals surface area contributed by atoms with Gasteiger partial charge in [-0.2, -0.15) is 0 Å². The molecule has 0 fully saturated rings. The van der Waals surface area contributed by atoms with Crippen LogP contribution in [0, 0.1) is 0 Å². The van der Waals surface area contributed by atoms with Gasteiger partial charge in [0.25, 0.3) is 0 Å². The molecule has 0 N–H and O–H groups in total. The van der Waals surface area contributed by atoms with Gasteiger partial charge in [-0.25, -0.2) is 0 Å². The lowest BCUT2D eigenvalue weighted by atomic mass is 9.81. The number of furan rings is 1. The first-order valence-corrected chi connectivity index (χ1v) is 20.8. The molecule has 0 spiro atoms. The van der Waals surface area contributed by atoms with Crippen LogP contribution in [0.3, 0.4) is 0 Å². The van der Waals surface area contributed by atoms with E-state index >= 15 is 0 Å². The van der Waals surface area contributed by atoms with Crippen LogP contribution in [0.1, 0.15) is 25.0 Å². The first-order valence-electron chi connectivity index (χ1n) is 20.8. The Morgan fingerprint density at radius 2 is 0.950 bits per heavy atom. The van der Waals surface area contributed by atoms with Crippen LogP contribution in [0.15, 0.2) is 211 Å². The average Bonchev–Trinajstić information content (AvgIpc) is 3.94. The number of rotatable bonds is 6. The summed E-state index contributed by atoms with van der Waals surface area (Å²) in [6.07, 6.45) is 0. The largest absolute Gasteiger partial charge is 0.456 e. The summed E-state index contributed by atoms with van der Waals surface area (Å²) in [7, 11) is 0. The van der Waals surface area contributed by atoms with E-state index in [-0.39, 0.29) is 5.41 Å². The highest BCUT2D eigenvalue weighted by Gasteiger charge is 2.39. The molecule has 3 nitrogen and oxygen atoms in total. The average molecular weight is 769 g/mol. The van der Waals surface area contributed by atoms with Crippen molar-refractivity contribution in [3.05, 3.63) is 217 Å². The van der Waals surface area contributed by atoms with Crippen LogP contribution < -0.4 is 4.90 Å². The molecule has 2 aromatic heterocycles. The number of nitrogens with zero attached hydrogens (tertiary/aromatic N) is 2. The summed E-state index contributed by atoms with van der Waals surface area (Å²) >= 11 is 0. The monoisotopic (exact) mass is 768 g/mol. The predicted octanol–water partition coefficient (Wildman–Crippen LogP) is 15.8. The number of benzene rings is 9. The maximum Gasteiger partial charge on any atom is 0.137 e. The third kappa shape index (κ3) is 4.96. The molecule has 0 aliphatic heterocycles. The van der Waals surface area contributed by atoms with Crippen molar-refractivity contribution in [2.45, 2.75) is 19.3 Å². The van der Waals surface area contributed by atoms with Crippen molar-refractivity contribution >= 4 is 60.8 Å². The van der Waals surface area contributed by atoms with Gasteiger partial charge in [-0.1, -0.05) is 166 Å². The van der Waals surface area contributed by atoms with Gasteiger partial charge >= 0.3 is 0 Å². The van der Waals surface area contributed by atoms with E-state index in [4.69, 9.17) is 4.42 Å². The molecular formula is C57H40N2O. The number of anilines is 3. The molecule has 0 radical (unpaired) electrons. The fraction of sp³-hybridized carbons (Fsp3) is 0.0526. The Bertz CT molecular complexity index is 3460. The number of para-hydroxylation sites is 3. The highest BCUT2D eigenvalue weighted by atomic mass is 16.3. The maximum atomic E-state index is 6.92. The second-order valence-corrected chi connectivity index (χ2v) is 16.4. The Hall–Kier alpha value is -7.62. The van der Waals surface area contributed by atoms with Gasteiger partial charge in [0.2, 0.25) is 0 Å². The van der Waals surface area contributed by atoms with Crippen molar-refractivity contribution < 1.29 is 4.42 Å². The van der Waals surface area contributed by atoms with Crippen LogP contribution in [0.5, 0.6) is 0 Å². The minimum absolute atomic E-state index is 0.247. The number of hydrogen-bond acceptors (Lipinski definition) is 2. The minimum atomic E-state index is -0.247. The minimum Gasteiger partial charge on any atom is -0.456 e. The molecule has 9 aromatic carbocycles. The van der Waals surface area contributed by atoms with Crippen LogP contribution in [0.25, 0.3) is 82.8 Å². The van der Waals surface area contributed by atoms with Crippen molar-refractivity contribution in [1.82, 2.24) is 4.57 Å². The quantitative estimate of drug-likeness (QED) is 0.168. The van der Waals surface area contributed by atoms with E-state index in [2.05, 4.69) is 230 Å². The van der Waals surface area contributed by atoms with Gasteiger partial charge in [0.05, 0.1) is 33.5 Å². The molecule has 11 aromatic rings. The topological polar surface area (TPSA) is 21.3 Å². The maximum absolute atomic E-state index is 6.92. The van der Waals surface area contributed by atoms with Gasteiger partial charge in [0.1, 0.15) is 11.2 Å². The Morgan fingerprint density at radius 1 is 0.400 bits per heavy atom.